The van der Waals surface area contributed by atoms with Crippen LogP contribution in [0.2, 0.25) is 0 Å². The SMILES string of the molecule is COc1ccc(C2Nc3c(OCC4CCCO4)cccc3C3C=CCC32)cc1. The molecule has 0 spiro atoms. The molecule has 1 fully saturated rings. The largest absolute Gasteiger partial charge is 0.497 e. The lowest BCUT2D eigenvalue weighted by atomic mass is 9.77. The quantitative estimate of drug-likeness (QED) is 0.738. The minimum Gasteiger partial charge on any atom is -0.497 e. The summed E-state index contributed by atoms with van der Waals surface area (Å²) in [5.74, 6) is 2.77. The first-order chi connectivity index (χ1) is 13.8. The fourth-order valence-corrected chi connectivity index (χ4v) is 4.81. The molecule has 4 atom stereocenters. The molecule has 1 saturated heterocycles. The van der Waals surface area contributed by atoms with Crippen molar-refractivity contribution in [1.82, 2.24) is 0 Å². The Balaban J connectivity index is 1.45. The molecule has 0 aromatic heterocycles. The van der Waals surface area contributed by atoms with Gasteiger partial charge < -0.3 is 19.5 Å². The van der Waals surface area contributed by atoms with Crippen LogP contribution >= 0.6 is 0 Å². The molecule has 28 heavy (non-hydrogen) atoms. The third-order valence-corrected chi connectivity index (χ3v) is 6.28. The van der Waals surface area contributed by atoms with E-state index in [0.717, 1.165) is 43.1 Å². The van der Waals surface area contributed by atoms with Gasteiger partial charge in [0.05, 0.1) is 24.9 Å². The zero-order chi connectivity index (χ0) is 18.9. The van der Waals surface area contributed by atoms with Crippen LogP contribution in [-0.4, -0.2) is 26.4 Å². The zero-order valence-corrected chi connectivity index (χ0v) is 16.3. The third kappa shape index (κ3) is 3.16. The van der Waals surface area contributed by atoms with Crippen molar-refractivity contribution in [3.05, 3.63) is 65.7 Å². The molecule has 1 aliphatic carbocycles. The van der Waals surface area contributed by atoms with Crippen LogP contribution in [0.3, 0.4) is 0 Å². The highest BCUT2D eigenvalue weighted by molar-refractivity contribution is 5.67. The Morgan fingerprint density at radius 3 is 2.82 bits per heavy atom. The van der Waals surface area contributed by atoms with Gasteiger partial charge in [-0.05, 0) is 54.5 Å². The number of allylic oxidation sites excluding steroid dienone is 2. The fourth-order valence-electron chi connectivity index (χ4n) is 4.81. The van der Waals surface area contributed by atoms with Gasteiger partial charge in [0.25, 0.3) is 0 Å². The first-order valence-corrected chi connectivity index (χ1v) is 10.3. The average Bonchev–Trinajstić information content (AvgIpc) is 3.44. The lowest BCUT2D eigenvalue weighted by Gasteiger charge is -2.38. The van der Waals surface area contributed by atoms with Crippen molar-refractivity contribution < 1.29 is 14.2 Å². The maximum atomic E-state index is 6.23. The number of hydrogen-bond donors (Lipinski definition) is 1. The Labute approximate surface area is 166 Å². The van der Waals surface area contributed by atoms with Crippen LogP contribution in [0.1, 0.15) is 42.3 Å². The Morgan fingerprint density at radius 2 is 2.04 bits per heavy atom. The van der Waals surface area contributed by atoms with Crippen molar-refractivity contribution in [1.29, 1.82) is 0 Å². The Morgan fingerprint density at radius 1 is 1.14 bits per heavy atom. The maximum Gasteiger partial charge on any atom is 0.142 e. The van der Waals surface area contributed by atoms with E-state index in [1.165, 1.54) is 11.1 Å². The van der Waals surface area contributed by atoms with Gasteiger partial charge in [0.1, 0.15) is 18.1 Å². The van der Waals surface area contributed by atoms with Crippen LogP contribution in [0, 0.1) is 5.92 Å². The van der Waals surface area contributed by atoms with Crippen molar-refractivity contribution in [3.63, 3.8) is 0 Å². The summed E-state index contributed by atoms with van der Waals surface area (Å²) in [7, 11) is 1.71. The van der Waals surface area contributed by atoms with Crippen LogP contribution in [-0.2, 0) is 4.74 Å². The summed E-state index contributed by atoms with van der Waals surface area (Å²) < 4.78 is 17.3. The van der Waals surface area contributed by atoms with Gasteiger partial charge in [0.2, 0.25) is 0 Å². The first kappa shape index (κ1) is 17.6. The van der Waals surface area contributed by atoms with Gasteiger partial charge in [0, 0.05) is 12.5 Å². The molecule has 4 heteroatoms. The lowest BCUT2D eigenvalue weighted by Crippen LogP contribution is -2.29. The molecule has 2 aromatic rings. The van der Waals surface area contributed by atoms with E-state index < -0.39 is 0 Å². The second-order valence-corrected chi connectivity index (χ2v) is 7.92. The van der Waals surface area contributed by atoms with Crippen molar-refractivity contribution in [2.24, 2.45) is 5.92 Å². The number of fused-ring (bicyclic) bond motifs is 3. The molecule has 0 saturated carbocycles. The molecule has 146 valence electrons. The molecule has 4 nitrogen and oxygen atoms in total. The number of rotatable bonds is 5. The van der Waals surface area contributed by atoms with E-state index in [0.29, 0.717) is 18.4 Å². The lowest BCUT2D eigenvalue weighted by molar-refractivity contribution is 0.0681. The summed E-state index contributed by atoms with van der Waals surface area (Å²) in [5.41, 5.74) is 3.77. The number of anilines is 1. The van der Waals surface area contributed by atoms with Gasteiger partial charge in [-0.3, -0.25) is 0 Å². The molecule has 3 aliphatic rings. The Hall–Kier alpha value is -2.46. The van der Waals surface area contributed by atoms with Crippen LogP contribution < -0.4 is 14.8 Å². The smallest absolute Gasteiger partial charge is 0.142 e. The highest BCUT2D eigenvalue weighted by Crippen LogP contribution is 2.52. The molecule has 0 radical (unpaired) electrons. The number of hydrogen-bond acceptors (Lipinski definition) is 4. The van der Waals surface area contributed by atoms with Gasteiger partial charge in [-0.1, -0.05) is 36.4 Å². The standard InChI is InChI=1S/C24H27NO3/c1-26-17-12-10-16(11-13-17)23-20-7-2-6-19(20)21-8-3-9-22(24(21)25-23)28-15-18-5-4-14-27-18/h2-3,6,8-13,18-20,23,25H,4-5,7,14-15H2,1H3. The van der Waals surface area contributed by atoms with Gasteiger partial charge in [0.15, 0.2) is 0 Å². The van der Waals surface area contributed by atoms with Crippen LogP contribution in [0.4, 0.5) is 5.69 Å². The summed E-state index contributed by atoms with van der Waals surface area (Å²) in [6.45, 7) is 1.47. The monoisotopic (exact) mass is 377 g/mol. The van der Waals surface area contributed by atoms with Crippen LogP contribution in [0.5, 0.6) is 11.5 Å². The maximum absolute atomic E-state index is 6.23. The highest BCUT2D eigenvalue weighted by Gasteiger charge is 2.39. The average molecular weight is 377 g/mol. The van der Waals surface area contributed by atoms with E-state index in [9.17, 15) is 0 Å². The fraction of sp³-hybridized carbons (Fsp3) is 0.417. The van der Waals surface area contributed by atoms with E-state index >= 15 is 0 Å². The second-order valence-electron chi connectivity index (χ2n) is 7.92. The summed E-state index contributed by atoms with van der Waals surface area (Å²) in [6, 6.07) is 15.1. The number of methoxy groups -OCH3 is 1. The van der Waals surface area contributed by atoms with Crippen molar-refractivity contribution >= 4 is 5.69 Å². The van der Waals surface area contributed by atoms with E-state index in [2.05, 4.69) is 47.8 Å². The van der Waals surface area contributed by atoms with Crippen LogP contribution in [0.25, 0.3) is 0 Å². The number of para-hydroxylation sites is 1. The normalized spacial score (nSPS) is 27.8. The van der Waals surface area contributed by atoms with Gasteiger partial charge >= 0.3 is 0 Å². The van der Waals surface area contributed by atoms with Crippen LogP contribution in [0.15, 0.2) is 54.6 Å². The molecule has 2 heterocycles. The molecule has 2 aliphatic heterocycles. The predicted molar refractivity (Wildman–Crippen MR) is 110 cm³/mol. The number of benzene rings is 2. The number of nitrogens with one attached hydrogen (secondary N) is 1. The molecule has 2 aromatic carbocycles. The Bertz CT molecular complexity index is 855. The second kappa shape index (κ2) is 7.51. The van der Waals surface area contributed by atoms with Crippen molar-refractivity contribution in [2.45, 2.75) is 37.3 Å². The number of ether oxygens (including phenoxy) is 3. The summed E-state index contributed by atoms with van der Waals surface area (Å²) in [6.07, 6.45) is 8.22. The van der Waals surface area contributed by atoms with E-state index in [4.69, 9.17) is 14.2 Å². The van der Waals surface area contributed by atoms with Crippen molar-refractivity contribution in [2.75, 3.05) is 25.6 Å². The van der Waals surface area contributed by atoms with Gasteiger partial charge in [-0.15, -0.1) is 0 Å². The molecule has 5 rings (SSSR count). The van der Waals surface area contributed by atoms with Gasteiger partial charge in [-0.25, -0.2) is 0 Å². The van der Waals surface area contributed by atoms with E-state index in [-0.39, 0.29) is 12.1 Å². The topological polar surface area (TPSA) is 39.7 Å². The van der Waals surface area contributed by atoms with Gasteiger partial charge in [-0.2, -0.15) is 0 Å². The first-order valence-electron chi connectivity index (χ1n) is 10.3. The Kier molecular flexibility index (Phi) is 4.73. The molecule has 0 amide bonds. The summed E-state index contributed by atoms with van der Waals surface area (Å²) in [5, 5.41) is 3.82. The van der Waals surface area contributed by atoms with E-state index in [1.807, 2.05) is 12.1 Å². The molecule has 1 N–H and O–H groups in total. The zero-order valence-electron chi connectivity index (χ0n) is 16.3. The summed E-state index contributed by atoms with van der Waals surface area (Å²) in [4.78, 5) is 0. The molecule has 4 unspecified atom stereocenters. The molecular weight excluding hydrogens is 350 g/mol. The molecule has 0 bridgehead atoms. The minimum absolute atomic E-state index is 0.218. The van der Waals surface area contributed by atoms with Crippen molar-refractivity contribution in [3.8, 4) is 11.5 Å². The minimum atomic E-state index is 0.218. The predicted octanol–water partition coefficient (Wildman–Crippen LogP) is 5.08. The third-order valence-electron chi connectivity index (χ3n) is 6.28. The van der Waals surface area contributed by atoms with E-state index in [1.54, 1.807) is 7.11 Å². The summed E-state index contributed by atoms with van der Waals surface area (Å²) >= 11 is 0. The highest BCUT2D eigenvalue weighted by atomic mass is 16.5. The molecular formula is C24H27NO3.